The number of carbonyl (C=O) groups is 1. The van der Waals surface area contributed by atoms with Crippen molar-refractivity contribution in [3.8, 4) is 0 Å². The summed E-state index contributed by atoms with van der Waals surface area (Å²) in [6.45, 7) is 2.66. The SMILES string of the molecule is CCc1ccc(C(=O)N2CCc3cc(S(=O)(=O)NC4CCCC4)ccc32)cc1. The van der Waals surface area contributed by atoms with Gasteiger partial charge < -0.3 is 4.90 Å². The van der Waals surface area contributed by atoms with Crippen LogP contribution in [0.5, 0.6) is 0 Å². The molecule has 1 fully saturated rings. The molecule has 148 valence electrons. The van der Waals surface area contributed by atoms with Crippen molar-refractivity contribution in [3.05, 3.63) is 59.2 Å². The van der Waals surface area contributed by atoms with Gasteiger partial charge in [0.1, 0.15) is 0 Å². The average Bonchev–Trinajstić information content (AvgIpc) is 3.36. The van der Waals surface area contributed by atoms with E-state index in [-0.39, 0.29) is 11.9 Å². The Morgan fingerprint density at radius 2 is 1.82 bits per heavy atom. The van der Waals surface area contributed by atoms with E-state index in [4.69, 9.17) is 0 Å². The van der Waals surface area contributed by atoms with Crippen molar-refractivity contribution in [2.24, 2.45) is 0 Å². The van der Waals surface area contributed by atoms with Gasteiger partial charge in [-0.2, -0.15) is 0 Å². The van der Waals surface area contributed by atoms with Crippen LogP contribution in [0.3, 0.4) is 0 Å². The Hall–Kier alpha value is -2.18. The van der Waals surface area contributed by atoms with Crippen molar-refractivity contribution in [3.63, 3.8) is 0 Å². The first-order valence-electron chi connectivity index (χ1n) is 10.0. The fraction of sp³-hybridized carbons (Fsp3) is 0.409. The number of aryl methyl sites for hydroxylation is 1. The molecule has 0 atom stereocenters. The Bertz CT molecular complexity index is 977. The van der Waals surface area contributed by atoms with Crippen molar-refractivity contribution in [1.29, 1.82) is 0 Å². The second-order valence-corrected chi connectivity index (χ2v) is 9.36. The first kappa shape index (κ1) is 19.2. The maximum absolute atomic E-state index is 12.9. The molecule has 6 heteroatoms. The van der Waals surface area contributed by atoms with E-state index in [0.29, 0.717) is 23.4 Å². The molecule has 28 heavy (non-hydrogen) atoms. The third-order valence-electron chi connectivity index (χ3n) is 5.79. The molecule has 1 N–H and O–H groups in total. The highest BCUT2D eigenvalue weighted by Crippen LogP contribution is 2.32. The minimum Gasteiger partial charge on any atom is -0.308 e. The predicted molar refractivity (Wildman–Crippen MR) is 110 cm³/mol. The molecule has 0 radical (unpaired) electrons. The summed E-state index contributed by atoms with van der Waals surface area (Å²) in [4.78, 5) is 15.0. The van der Waals surface area contributed by atoms with Gasteiger partial charge in [-0.05, 0) is 67.1 Å². The standard InChI is InChI=1S/C22H26N2O3S/c1-2-16-7-9-17(10-8-16)22(25)24-14-13-18-15-20(11-12-21(18)24)28(26,27)23-19-5-3-4-6-19/h7-12,15,19,23H,2-6,13-14H2,1H3. The second-order valence-electron chi connectivity index (χ2n) is 7.65. The minimum atomic E-state index is -3.52. The molecule has 1 amide bonds. The van der Waals surface area contributed by atoms with Gasteiger partial charge in [-0.1, -0.05) is 31.9 Å². The van der Waals surface area contributed by atoms with Crippen molar-refractivity contribution in [2.45, 2.75) is 56.4 Å². The lowest BCUT2D eigenvalue weighted by Crippen LogP contribution is -2.32. The minimum absolute atomic E-state index is 0.0407. The van der Waals surface area contributed by atoms with Gasteiger partial charge in [0, 0.05) is 23.8 Å². The van der Waals surface area contributed by atoms with Crippen molar-refractivity contribution < 1.29 is 13.2 Å². The molecule has 2 aromatic carbocycles. The first-order chi connectivity index (χ1) is 13.5. The van der Waals surface area contributed by atoms with Gasteiger partial charge in [-0.3, -0.25) is 4.79 Å². The molecule has 0 unspecified atom stereocenters. The average molecular weight is 399 g/mol. The Morgan fingerprint density at radius 3 is 2.50 bits per heavy atom. The zero-order chi connectivity index (χ0) is 19.7. The Labute approximate surface area is 166 Å². The van der Waals surface area contributed by atoms with Gasteiger partial charge in [0.15, 0.2) is 0 Å². The van der Waals surface area contributed by atoms with E-state index < -0.39 is 10.0 Å². The molecular weight excluding hydrogens is 372 g/mol. The Balaban J connectivity index is 1.55. The summed E-state index contributed by atoms with van der Waals surface area (Å²) in [5, 5.41) is 0. The summed E-state index contributed by atoms with van der Waals surface area (Å²) in [7, 11) is -3.52. The summed E-state index contributed by atoms with van der Waals surface area (Å²) in [6.07, 6.45) is 5.57. The normalized spacial score (nSPS) is 17.1. The number of fused-ring (bicyclic) bond motifs is 1. The molecule has 0 saturated heterocycles. The Kier molecular flexibility index (Phi) is 5.25. The van der Waals surface area contributed by atoms with Gasteiger partial charge in [0.25, 0.3) is 5.91 Å². The number of rotatable bonds is 5. The molecule has 4 rings (SSSR count). The molecule has 1 aliphatic carbocycles. The van der Waals surface area contributed by atoms with E-state index >= 15 is 0 Å². The van der Waals surface area contributed by atoms with Crippen molar-refractivity contribution in [2.75, 3.05) is 11.4 Å². The molecule has 1 heterocycles. The first-order valence-corrected chi connectivity index (χ1v) is 11.5. The number of amides is 1. The molecule has 5 nitrogen and oxygen atoms in total. The topological polar surface area (TPSA) is 66.5 Å². The van der Waals surface area contributed by atoms with Gasteiger partial charge in [-0.25, -0.2) is 13.1 Å². The summed E-state index contributed by atoms with van der Waals surface area (Å²) in [5.41, 5.74) is 3.57. The highest BCUT2D eigenvalue weighted by Gasteiger charge is 2.28. The van der Waals surface area contributed by atoms with E-state index in [2.05, 4.69) is 11.6 Å². The molecule has 1 aliphatic heterocycles. The molecule has 2 aliphatic rings. The number of nitrogens with one attached hydrogen (secondary N) is 1. The maximum Gasteiger partial charge on any atom is 0.258 e. The lowest BCUT2D eigenvalue weighted by atomic mass is 10.1. The number of carbonyl (C=O) groups excluding carboxylic acids is 1. The van der Waals surface area contributed by atoms with Crippen LogP contribution < -0.4 is 9.62 Å². The largest absolute Gasteiger partial charge is 0.308 e. The zero-order valence-electron chi connectivity index (χ0n) is 16.1. The fourth-order valence-corrected chi connectivity index (χ4v) is 5.48. The number of benzene rings is 2. The summed E-state index contributed by atoms with van der Waals surface area (Å²) < 4.78 is 28.2. The van der Waals surface area contributed by atoms with Crippen LogP contribution >= 0.6 is 0 Å². The zero-order valence-corrected chi connectivity index (χ0v) is 17.0. The number of hydrogen-bond acceptors (Lipinski definition) is 3. The number of anilines is 1. The predicted octanol–water partition coefficient (Wildman–Crippen LogP) is 3.67. The van der Waals surface area contributed by atoms with Gasteiger partial charge in [-0.15, -0.1) is 0 Å². The van der Waals surface area contributed by atoms with Crippen LogP contribution in [-0.2, 0) is 22.9 Å². The van der Waals surface area contributed by atoms with Crippen LogP contribution in [0.1, 0.15) is 54.1 Å². The molecule has 2 aromatic rings. The van der Waals surface area contributed by atoms with Crippen LogP contribution in [0.25, 0.3) is 0 Å². The number of nitrogens with zero attached hydrogens (tertiary/aromatic N) is 1. The van der Waals surface area contributed by atoms with Crippen molar-refractivity contribution >= 4 is 21.6 Å². The van der Waals surface area contributed by atoms with Crippen LogP contribution in [0.2, 0.25) is 0 Å². The van der Waals surface area contributed by atoms with E-state index in [0.717, 1.165) is 43.4 Å². The molecule has 0 spiro atoms. The quantitative estimate of drug-likeness (QED) is 0.836. The van der Waals surface area contributed by atoms with Crippen molar-refractivity contribution in [1.82, 2.24) is 4.72 Å². The maximum atomic E-state index is 12.9. The third kappa shape index (κ3) is 3.71. The highest BCUT2D eigenvalue weighted by molar-refractivity contribution is 7.89. The van der Waals surface area contributed by atoms with Gasteiger partial charge in [0.2, 0.25) is 10.0 Å². The van der Waals surface area contributed by atoms with E-state index in [1.165, 1.54) is 5.56 Å². The molecule has 1 saturated carbocycles. The number of sulfonamides is 1. The monoisotopic (exact) mass is 398 g/mol. The van der Waals surface area contributed by atoms with Gasteiger partial charge >= 0.3 is 0 Å². The second kappa shape index (κ2) is 7.68. The Morgan fingerprint density at radius 1 is 1.11 bits per heavy atom. The van der Waals surface area contributed by atoms with E-state index in [9.17, 15) is 13.2 Å². The lowest BCUT2D eigenvalue weighted by molar-refractivity contribution is 0.0989. The van der Waals surface area contributed by atoms with E-state index in [1.54, 1.807) is 23.1 Å². The smallest absolute Gasteiger partial charge is 0.258 e. The highest BCUT2D eigenvalue weighted by atomic mass is 32.2. The lowest BCUT2D eigenvalue weighted by Gasteiger charge is -2.18. The summed E-state index contributed by atoms with van der Waals surface area (Å²) >= 11 is 0. The van der Waals surface area contributed by atoms with Crippen LogP contribution in [0, 0.1) is 0 Å². The van der Waals surface area contributed by atoms with Crippen LogP contribution in [0.15, 0.2) is 47.4 Å². The van der Waals surface area contributed by atoms with Crippen LogP contribution in [-0.4, -0.2) is 26.9 Å². The third-order valence-corrected chi connectivity index (χ3v) is 7.31. The number of hydrogen-bond donors (Lipinski definition) is 1. The van der Waals surface area contributed by atoms with Crippen LogP contribution in [0.4, 0.5) is 5.69 Å². The summed E-state index contributed by atoms with van der Waals surface area (Å²) in [6, 6.07) is 12.8. The summed E-state index contributed by atoms with van der Waals surface area (Å²) in [5.74, 6) is -0.0407. The fourth-order valence-electron chi connectivity index (χ4n) is 4.13. The molecule has 0 bridgehead atoms. The van der Waals surface area contributed by atoms with E-state index in [1.807, 2.05) is 24.3 Å². The van der Waals surface area contributed by atoms with Gasteiger partial charge in [0.05, 0.1) is 4.90 Å². The molecule has 0 aromatic heterocycles. The molecular formula is C22H26N2O3S.